The van der Waals surface area contributed by atoms with Crippen molar-refractivity contribution in [3.63, 3.8) is 0 Å². The van der Waals surface area contributed by atoms with Crippen LogP contribution in [0, 0.1) is 22.7 Å². The lowest BCUT2D eigenvalue weighted by atomic mass is 10.0. The van der Waals surface area contributed by atoms with Gasteiger partial charge in [0.1, 0.15) is 12.1 Å². The third-order valence-corrected chi connectivity index (χ3v) is 7.01. The summed E-state index contributed by atoms with van der Waals surface area (Å²) in [5.74, 6) is 0. The Morgan fingerprint density at radius 1 is 0.444 bits per heavy atom. The summed E-state index contributed by atoms with van der Waals surface area (Å²) in [4.78, 5) is 0. The molecule has 0 amide bonds. The van der Waals surface area contributed by atoms with Crippen LogP contribution in [0.15, 0.2) is 109 Å². The number of rotatable bonds is 2. The molecule has 0 atom stereocenters. The summed E-state index contributed by atoms with van der Waals surface area (Å²) in [6, 6.07) is 41.4. The van der Waals surface area contributed by atoms with E-state index in [2.05, 4.69) is 69.8 Å². The van der Waals surface area contributed by atoms with E-state index in [1.807, 2.05) is 54.6 Å². The van der Waals surface area contributed by atoms with Crippen molar-refractivity contribution >= 4 is 43.6 Å². The summed E-state index contributed by atoms with van der Waals surface area (Å²) in [5, 5.41) is 24.8. The molecule has 0 saturated carbocycles. The van der Waals surface area contributed by atoms with Gasteiger partial charge < -0.3 is 9.13 Å². The lowest BCUT2D eigenvalue weighted by Gasteiger charge is -2.18. The van der Waals surface area contributed by atoms with Gasteiger partial charge in [-0.15, -0.1) is 0 Å². The highest BCUT2D eigenvalue weighted by atomic mass is 15.1. The number of hydrogen-bond acceptors (Lipinski definition) is 2. The van der Waals surface area contributed by atoms with E-state index in [9.17, 15) is 10.5 Å². The molecule has 0 aliphatic rings. The van der Waals surface area contributed by atoms with Crippen LogP contribution in [-0.4, -0.2) is 9.13 Å². The van der Waals surface area contributed by atoms with Gasteiger partial charge in [-0.2, -0.15) is 10.5 Å². The first-order valence-corrected chi connectivity index (χ1v) is 11.8. The fourth-order valence-electron chi connectivity index (χ4n) is 5.54. The molecule has 0 saturated heterocycles. The summed E-state index contributed by atoms with van der Waals surface area (Å²) in [7, 11) is 0. The topological polar surface area (TPSA) is 57.4 Å². The van der Waals surface area contributed by atoms with Gasteiger partial charge in [-0.3, -0.25) is 0 Å². The molecular weight excluding hydrogens is 440 g/mol. The van der Waals surface area contributed by atoms with Gasteiger partial charge in [0.05, 0.1) is 44.6 Å². The Morgan fingerprint density at radius 2 is 0.861 bits per heavy atom. The van der Waals surface area contributed by atoms with Crippen molar-refractivity contribution in [1.82, 2.24) is 9.13 Å². The molecule has 36 heavy (non-hydrogen) atoms. The van der Waals surface area contributed by atoms with E-state index < -0.39 is 0 Å². The molecule has 0 fully saturated rings. The molecule has 0 radical (unpaired) electrons. The van der Waals surface area contributed by atoms with E-state index in [1.165, 1.54) is 0 Å². The van der Waals surface area contributed by atoms with Crippen LogP contribution in [0.25, 0.3) is 55.0 Å². The van der Waals surface area contributed by atoms with Gasteiger partial charge >= 0.3 is 0 Å². The second kappa shape index (κ2) is 7.60. The Kier molecular flexibility index (Phi) is 4.24. The van der Waals surface area contributed by atoms with Crippen LogP contribution in [-0.2, 0) is 0 Å². The molecule has 0 aliphatic heterocycles. The van der Waals surface area contributed by atoms with Crippen LogP contribution in [0.2, 0.25) is 0 Å². The average molecular weight is 459 g/mol. The van der Waals surface area contributed by atoms with Gasteiger partial charge in [0.25, 0.3) is 0 Å². The lowest BCUT2D eigenvalue weighted by molar-refractivity contribution is 1.08. The zero-order chi connectivity index (χ0) is 24.2. The third kappa shape index (κ3) is 2.61. The fourth-order valence-corrected chi connectivity index (χ4v) is 5.54. The van der Waals surface area contributed by atoms with E-state index in [0.717, 1.165) is 49.3 Å². The number of nitriles is 2. The summed E-state index contributed by atoms with van der Waals surface area (Å²) in [6.07, 6.45) is 0. The highest BCUT2D eigenvalue weighted by Crippen LogP contribution is 2.39. The van der Waals surface area contributed by atoms with Crippen molar-refractivity contribution in [3.05, 3.63) is 120 Å². The predicted octanol–water partition coefficient (Wildman–Crippen LogP) is 7.62. The van der Waals surface area contributed by atoms with Crippen LogP contribution in [0.5, 0.6) is 0 Å². The minimum atomic E-state index is 0.360. The van der Waals surface area contributed by atoms with E-state index >= 15 is 0 Å². The first-order chi connectivity index (χ1) is 17.8. The van der Waals surface area contributed by atoms with Gasteiger partial charge in [-0.25, -0.2) is 0 Å². The van der Waals surface area contributed by atoms with Crippen LogP contribution in [0.4, 0.5) is 0 Å². The van der Waals surface area contributed by atoms with E-state index in [4.69, 9.17) is 0 Å². The minimum Gasteiger partial charge on any atom is -0.307 e. The highest BCUT2D eigenvalue weighted by Gasteiger charge is 2.23. The lowest BCUT2D eigenvalue weighted by Crippen LogP contribution is -2.07. The maximum atomic E-state index is 10.4. The standard InChI is InChI=1S/C32H18N4/c33-19-21-17-18-31(35-27-13-5-1-9-22(27)23-10-2-6-14-28(23)35)32(26(21)20-34)36-29-15-7-3-11-24(29)25-12-4-8-16-30(25)36/h1-18H. The number of para-hydroxylation sites is 4. The molecule has 166 valence electrons. The molecular formula is C32H18N4. The molecule has 4 heteroatoms. The van der Waals surface area contributed by atoms with Gasteiger partial charge in [-0.1, -0.05) is 72.8 Å². The van der Waals surface area contributed by atoms with Gasteiger partial charge in [0, 0.05) is 21.5 Å². The van der Waals surface area contributed by atoms with Crippen molar-refractivity contribution in [2.24, 2.45) is 0 Å². The molecule has 0 N–H and O–H groups in total. The third-order valence-electron chi connectivity index (χ3n) is 7.01. The predicted molar refractivity (Wildman–Crippen MR) is 145 cm³/mol. The number of hydrogen-bond donors (Lipinski definition) is 0. The monoisotopic (exact) mass is 458 g/mol. The van der Waals surface area contributed by atoms with Crippen molar-refractivity contribution in [2.75, 3.05) is 0 Å². The van der Waals surface area contributed by atoms with E-state index in [0.29, 0.717) is 16.8 Å². The Hall–Kier alpha value is -5.32. The van der Waals surface area contributed by atoms with Crippen molar-refractivity contribution in [1.29, 1.82) is 10.5 Å². The number of nitrogens with zero attached hydrogens (tertiary/aromatic N) is 4. The Balaban J connectivity index is 1.74. The molecule has 0 spiro atoms. The molecule has 0 unspecified atom stereocenters. The fraction of sp³-hybridized carbons (Fsp3) is 0. The second-order valence-electron chi connectivity index (χ2n) is 8.82. The Morgan fingerprint density at radius 3 is 1.28 bits per heavy atom. The minimum absolute atomic E-state index is 0.360. The second-order valence-corrected chi connectivity index (χ2v) is 8.82. The number of fused-ring (bicyclic) bond motifs is 6. The average Bonchev–Trinajstić information content (AvgIpc) is 3.45. The summed E-state index contributed by atoms with van der Waals surface area (Å²) in [6.45, 7) is 0. The Labute approximate surface area is 207 Å². The zero-order valence-corrected chi connectivity index (χ0v) is 19.2. The van der Waals surface area contributed by atoms with Crippen LogP contribution >= 0.6 is 0 Å². The van der Waals surface area contributed by atoms with E-state index in [1.54, 1.807) is 6.07 Å². The van der Waals surface area contributed by atoms with Crippen LogP contribution < -0.4 is 0 Å². The van der Waals surface area contributed by atoms with Crippen molar-refractivity contribution < 1.29 is 0 Å². The molecule has 0 aliphatic carbocycles. The normalized spacial score (nSPS) is 11.3. The zero-order valence-electron chi connectivity index (χ0n) is 19.2. The van der Waals surface area contributed by atoms with Gasteiger partial charge in [0.15, 0.2) is 0 Å². The molecule has 7 aromatic rings. The largest absolute Gasteiger partial charge is 0.307 e. The molecule has 2 aromatic heterocycles. The first-order valence-electron chi connectivity index (χ1n) is 11.8. The molecule has 5 aromatic carbocycles. The van der Waals surface area contributed by atoms with Gasteiger partial charge in [0.2, 0.25) is 0 Å². The first kappa shape index (κ1) is 20.1. The van der Waals surface area contributed by atoms with Crippen molar-refractivity contribution in [3.8, 4) is 23.5 Å². The van der Waals surface area contributed by atoms with Crippen LogP contribution in [0.1, 0.15) is 11.1 Å². The quantitative estimate of drug-likeness (QED) is 0.267. The Bertz CT molecular complexity index is 1970. The van der Waals surface area contributed by atoms with E-state index in [-0.39, 0.29) is 0 Å². The highest BCUT2D eigenvalue weighted by molar-refractivity contribution is 6.11. The number of aromatic nitrogens is 2. The smallest absolute Gasteiger partial charge is 0.103 e. The van der Waals surface area contributed by atoms with Crippen LogP contribution in [0.3, 0.4) is 0 Å². The molecule has 0 bridgehead atoms. The maximum Gasteiger partial charge on any atom is 0.103 e. The molecule has 7 rings (SSSR count). The van der Waals surface area contributed by atoms with Crippen molar-refractivity contribution in [2.45, 2.75) is 0 Å². The SMILES string of the molecule is N#Cc1ccc(-n2c3ccccc3c3ccccc32)c(-n2c3ccccc3c3ccccc32)c1C#N. The molecule has 2 heterocycles. The summed E-state index contributed by atoms with van der Waals surface area (Å²) in [5.41, 5.74) is 6.38. The van der Waals surface area contributed by atoms with Gasteiger partial charge in [-0.05, 0) is 36.4 Å². The molecule has 4 nitrogen and oxygen atoms in total. The summed E-state index contributed by atoms with van der Waals surface area (Å²) >= 11 is 0. The maximum absolute atomic E-state index is 10.4. The number of benzene rings is 5. The summed E-state index contributed by atoms with van der Waals surface area (Å²) < 4.78 is 4.36.